The number of aldehydes is 1. The van der Waals surface area contributed by atoms with E-state index in [4.69, 9.17) is 0 Å². The molecule has 1 aromatic heterocycles. The number of hydrogen-bond donors (Lipinski definition) is 0. The Bertz CT molecular complexity index is 603. The molecule has 0 atom stereocenters. The van der Waals surface area contributed by atoms with Crippen LogP contribution in [0, 0.1) is 13.8 Å². The van der Waals surface area contributed by atoms with Crippen molar-refractivity contribution in [3.8, 4) is 0 Å². The topological polar surface area (TPSA) is 47.0 Å². The third-order valence-electron chi connectivity index (χ3n) is 3.06. The summed E-state index contributed by atoms with van der Waals surface area (Å²) >= 11 is 0. The van der Waals surface area contributed by atoms with Gasteiger partial charge in [0.15, 0.2) is 12.1 Å². The molecule has 90 valence electrons. The second-order valence-electron chi connectivity index (χ2n) is 4.15. The molecule has 1 aromatic carbocycles. The maximum absolute atomic E-state index is 12.4. The lowest BCUT2D eigenvalue weighted by molar-refractivity contribution is 0.102. The molecule has 0 N–H and O–H groups in total. The zero-order chi connectivity index (χ0) is 13.1. The van der Waals surface area contributed by atoms with Crippen molar-refractivity contribution >= 4 is 12.1 Å². The normalized spacial score (nSPS) is 10.1. The highest BCUT2D eigenvalue weighted by atomic mass is 16.1. The molecule has 0 saturated carbocycles. The summed E-state index contributed by atoms with van der Waals surface area (Å²) in [5, 5.41) is 0. The molecule has 0 radical (unpaired) electrons. The Kier molecular flexibility index (Phi) is 3.33. The van der Waals surface area contributed by atoms with E-state index in [0.717, 1.165) is 17.4 Å². The average molecular weight is 239 g/mol. The minimum absolute atomic E-state index is 0.138. The second kappa shape index (κ2) is 4.92. The Balaban J connectivity index is 2.61. The van der Waals surface area contributed by atoms with E-state index in [0.29, 0.717) is 16.7 Å². The third kappa shape index (κ3) is 2.07. The maximum atomic E-state index is 12.4. The van der Waals surface area contributed by atoms with Crippen molar-refractivity contribution in [1.82, 2.24) is 4.98 Å². The monoisotopic (exact) mass is 239 g/mol. The van der Waals surface area contributed by atoms with Crippen molar-refractivity contribution in [2.45, 2.75) is 13.8 Å². The van der Waals surface area contributed by atoms with Crippen molar-refractivity contribution in [2.75, 3.05) is 0 Å². The van der Waals surface area contributed by atoms with Gasteiger partial charge in [-0.1, -0.05) is 12.1 Å². The Hall–Kier alpha value is -2.29. The van der Waals surface area contributed by atoms with E-state index in [1.807, 2.05) is 19.9 Å². The Morgan fingerprint density at radius 2 is 1.78 bits per heavy atom. The number of ketones is 1. The lowest BCUT2D eigenvalue weighted by atomic mass is 9.92. The summed E-state index contributed by atoms with van der Waals surface area (Å²) in [6, 6.07) is 6.84. The summed E-state index contributed by atoms with van der Waals surface area (Å²) in [7, 11) is 0. The van der Waals surface area contributed by atoms with Crippen molar-refractivity contribution < 1.29 is 9.59 Å². The molecule has 1 heterocycles. The molecule has 2 rings (SSSR count). The Morgan fingerprint density at radius 1 is 1.11 bits per heavy atom. The van der Waals surface area contributed by atoms with Gasteiger partial charge in [-0.3, -0.25) is 14.6 Å². The van der Waals surface area contributed by atoms with E-state index in [9.17, 15) is 9.59 Å². The number of aryl methyl sites for hydroxylation is 1. The van der Waals surface area contributed by atoms with Crippen LogP contribution in [0.1, 0.15) is 37.4 Å². The number of pyridine rings is 1. The largest absolute Gasteiger partial charge is 0.298 e. The van der Waals surface area contributed by atoms with Gasteiger partial charge < -0.3 is 0 Å². The van der Waals surface area contributed by atoms with Crippen LogP contribution in [0.15, 0.2) is 36.7 Å². The minimum atomic E-state index is -0.138. The number of carbonyl (C=O) groups is 2. The van der Waals surface area contributed by atoms with Crippen LogP contribution < -0.4 is 0 Å². The summed E-state index contributed by atoms with van der Waals surface area (Å²) in [6.45, 7) is 3.78. The molecular weight excluding hydrogens is 226 g/mol. The Labute approximate surface area is 105 Å². The second-order valence-corrected chi connectivity index (χ2v) is 4.15. The predicted molar refractivity (Wildman–Crippen MR) is 69.0 cm³/mol. The van der Waals surface area contributed by atoms with Gasteiger partial charge >= 0.3 is 0 Å². The van der Waals surface area contributed by atoms with E-state index >= 15 is 0 Å². The quantitative estimate of drug-likeness (QED) is 0.611. The maximum Gasteiger partial charge on any atom is 0.194 e. The zero-order valence-electron chi connectivity index (χ0n) is 10.3. The van der Waals surface area contributed by atoms with Gasteiger partial charge in [0.2, 0.25) is 0 Å². The Morgan fingerprint density at radius 3 is 2.39 bits per heavy atom. The molecule has 18 heavy (non-hydrogen) atoms. The molecule has 0 spiro atoms. The first-order valence-electron chi connectivity index (χ1n) is 5.65. The molecule has 0 bridgehead atoms. The smallest absolute Gasteiger partial charge is 0.194 e. The van der Waals surface area contributed by atoms with Crippen LogP contribution in [0.2, 0.25) is 0 Å². The molecule has 0 aliphatic carbocycles. The highest BCUT2D eigenvalue weighted by Crippen LogP contribution is 2.20. The summed E-state index contributed by atoms with van der Waals surface area (Å²) in [5.41, 5.74) is 3.30. The molecule has 3 heteroatoms. The number of hydrogen-bond acceptors (Lipinski definition) is 3. The van der Waals surface area contributed by atoms with Gasteiger partial charge in [0.1, 0.15) is 0 Å². The summed E-state index contributed by atoms with van der Waals surface area (Å²) in [5.74, 6) is -0.138. The van der Waals surface area contributed by atoms with Gasteiger partial charge in [-0.05, 0) is 37.1 Å². The van der Waals surface area contributed by atoms with E-state index in [1.54, 1.807) is 30.6 Å². The van der Waals surface area contributed by atoms with Crippen LogP contribution in [0.5, 0.6) is 0 Å². The van der Waals surface area contributed by atoms with Crippen LogP contribution >= 0.6 is 0 Å². The van der Waals surface area contributed by atoms with Gasteiger partial charge in [0.25, 0.3) is 0 Å². The van der Waals surface area contributed by atoms with Gasteiger partial charge in [0, 0.05) is 29.1 Å². The number of benzene rings is 1. The van der Waals surface area contributed by atoms with Gasteiger partial charge in [-0.25, -0.2) is 0 Å². The van der Waals surface area contributed by atoms with Crippen molar-refractivity contribution in [3.05, 3.63) is 64.5 Å². The SMILES string of the molecule is Cc1ccc(C=O)c(C(=O)c2ccncc2)c1C. The van der Waals surface area contributed by atoms with Crippen LogP contribution in [0.3, 0.4) is 0 Å². The first kappa shape index (κ1) is 12.2. The van der Waals surface area contributed by atoms with Gasteiger partial charge in [-0.2, -0.15) is 0 Å². The zero-order valence-corrected chi connectivity index (χ0v) is 10.3. The number of nitrogens with zero attached hydrogens (tertiary/aromatic N) is 1. The first-order chi connectivity index (χ1) is 8.65. The molecule has 0 aliphatic rings. The van der Waals surface area contributed by atoms with Crippen LogP contribution in [-0.2, 0) is 0 Å². The average Bonchev–Trinajstić information content (AvgIpc) is 2.42. The molecule has 0 unspecified atom stereocenters. The minimum Gasteiger partial charge on any atom is -0.298 e. The lowest BCUT2D eigenvalue weighted by Gasteiger charge is -2.10. The number of carbonyl (C=O) groups excluding carboxylic acids is 2. The van der Waals surface area contributed by atoms with Gasteiger partial charge in [0.05, 0.1) is 0 Å². The van der Waals surface area contributed by atoms with E-state index in [2.05, 4.69) is 4.98 Å². The van der Waals surface area contributed by atoms with Crippen LogP contribution in [0.25, 0.3) is 0 Å². The molecule has 0 aliphatic heterocycles. The standard InChI is InChI=1S/C15H13NO2/c1-10-3-4-13(9-17)14(11(10)2)15(18)12-5-7-16-8-6-12/h3-9H,1-2H3. The fraction of sp³-hybridized carbons (Fsp3) is 0.133. The highest BCUT2D eigenvalue weighted by Gasteiger charge is 2.17. The summed E-state index contributed by atoms with van der Waals surface area (Å²) < 4.78 is 0. The summed E-state index contributed by atoms with van der Waals surface area (Å²) in [6.07, 6.45) is 3.86. The lowest BCUT2D eigenvalue weighted by Crippen LogP contribution is -2.09. The first-order valence-corrected chi connectivity index (χ1v) is 5.65. The predicted octanol–water partition coefficient (Wildman–Crippen LogP) is 2.74. The fourth-order valence-electron chi connectivity index (χ4n) is 1.88. The number of rotatable bonds is 3. The van der Waals surface area contributed by atoms with Crippen molar-refractivity contribution in [1.29, 1.82) is 0 Å². The van der Waals surface area contributed by atoms with Gasteiger partial charge in [-0.15, -0.1) is 0 Å². The summed E-state index contributed by atoms with van der Waals surface area (Å²) in [4.78, 5) is 27.4. The molecule has 2 aromatic rings. The van der Waals surface area contributed by atoms with Crippen LogP contribution in [0.4, 0.5) is 0 Å². The van der Waals surface area contributed by atoms with E-state index < -0.39 is 0 Å². The van der Waals surface area contributed by atoms with E-state index in [-0.39, 0.29) is 5.78 Å². The molecule has 0 saturated heterocycles. The molecule has 0 fully saturated rings. The van der Waals surface area contributed by atoms with Crippen molar-refractivity contribution in [2.24, 2.45) is 0 Å². The molecule has 0 amide bonds. The fourth-order valence-corrected chi connectivity index (χ4v) is 1.88. The van der Waals surface area contributed by atoms with E-state index in [1.165, 1.54) is 0 Å². The highest BCUT2D eigenvalue weighted by molar-refractivity contribution is 6.13. The van der Waals surface area contributed by atoms with Crippen molar-refractivity contribution in [3.63, 3.8) is 0 Å². The molecular formula is C15H13NO2. The third-order valence-corrected chi connectivity index (χ3v) is 3.06. The molecule has 3 nitrogen and oxygen atoms in total. The number of aromatic nitrogens is 1. The van der Waals surface area contributed by atoms with Crippen LogP contribution in [-0.4, -0.2) is 17.1 Å².